The number of sulfonamides is 1. The van der Waals surface area contributed by atoms with Gasteiger partial charge in [0, 0.05) is 60.7 Å². The molecule has 0 radical (unpaired) electrons. The number of H-pyrrole nitrogens is 1. The third kappa shape index (κ3) is 2.87. The molecule has 0 aliphatic carbocycles. The number of pyridine rings is 3. The van der Waals surface area contributed by atoms with Crippen LogP contribution in [0.3, 0.4) is 0 Å². The van der Waals surface area contributed by atoms with E-state index < -0.39 is 10.0 Å². The molecule has 150 valence electrons. The fourth-order valence-electron chi connectivity index (χ4n) is 3.48. The molecule has 4 heterocycles. The summed E-state index contributed by atoms with van der Waals surface area (Å²) in [5.74, 6) is 0.615. The minimum absolute atomic E-state index is 0.209. The van der Waals surface area contributed by atoms with Gasteiger partial charge in [0.15, 0.2) is 0 Å². The molecule has 0 aliphatic rings. The van der Waals surface area contributed by atoms with Crippen molar-refractivity contribution < 1.29 is 8.42 Å². The molecule has 4 aromatic heterocycles. The minimum atomic E-state index is -3.54. The summed E-state index contributed by atoms with van der Waals surface area (Å²) in [6.07, 6.45) is 7.00. The van der Waals surface area contributed by atoms with Crippen LogP contribution in [0.15, 0.2) is 66.1 Å². The van der Waals surface area contributed by atoms with E-state index in [2.05, 4.69) is 20.3 Å². The quantitative estimate of drug-likeness (QED) is 0.462. The van der Waals surface area contributed by atoms with Gasteiger partial charge in [-0.25, -0.2) is 17.7 Å². The largest absolute Gasteiger partial charge is 0.353 e. The molecular weight excluding hydrogens is 400 g/mol. The van der Waals surface area contributed by atoms with Gasteiger partial charge in [-0.15, -0.1) is 0 Å². The van der Waals surface area contributed by atoms with Crippen LogP contribution in [0.25, 0.3) is 32.7 Å². The van der Waals surface area contributed by atoms with E-state index in [-0.39, 0.29) is 4.90 Å². The molecule has 0 unspecified atom stereocenters. The van der Waals surface area contributed by atoms with Gasteiger partial charge >= 0.3 is 0 Å². The van der Waals surface area contributed by atoms with Crippen LogP contribution in [0.4, 0.5) is 11.5 Å². The van der Waals surface area contributed by atoms with Crippen LogP contribution < -0.4 is 5.32 Å². The van der Waals surface area contributed by atoms with Gasteiger partial charge in [0.2, 0.25) is 10.0 Å². The Labute approximate surface area is 172 Å². The number of anilines is 2. The van der Waals surface area contributed by atoms with Gasteiger partial charge in [-0.2, -0.15) is 0 Å². The number of nitrogens with zero attached hydrogens (tertiary/aromatic N) is 4. The Morgan fingerprint density at radius 1 is 0.967 bits per heavy atom. The zero-order chi connectivity index (χ0) is 20.9. The zero-order valence-electron chi connectivity index (χ0n) is 16.3. The Morgan fingerprint density at radius 2 is 1.73 bits per heavy atom. The number of benzene rings is 1. The second-order valence-corrected chi connectivity index (χ2v) is 9.24. The van der Waals surface area contributed by atoms with Crippen LogP contribution >= 0.6 is 0 Å². The Kier molecular flexibility index (Phi) is 4.16. The summed E-state index contributed by atoms with van der Waals surface area (Å²) < 4.78 is 26.2. The van der Waals surface area contributed by atoms with Crippen molar-refractivity contribution in [3.05, 3.63) is 61.2 Å². The number of rotatable bonds is 4. The fourth-order valence-corrected chi connectivity index (χ4v) is 4.43. The van der Waals surface area contributed by atoms with Crippen molar-refractivity contribution in [1.29, 1.82) is 0 Å². The molecule has 8 nitrogen and oxygen atoms in total. The van der Waals surface area contributed by atoms with E-state index in [4.69, 9.17) is 4.98 Å². The summed E-state index contributed by atoms with van der Waals surface area (Å²) in [5, 5.41) is 5.98. The number of aromatic amines is 1. The maximum absolute atomic E-state index is 12.5. The van der Waals surface area contributed by atoms with E-state index in [1.165, 1.54) is 18.4 Å². The summed E-state index contributed by atoms with van der Waals surface area (Å²) in [7, 11) is -0.518. The topological polar surface area (TPSA) is 104 Å². The lowest BCUT2D eigenvalue weighted by molar-refractivity contribution is 0.521. The van der Waals surface area contributed by atoms with Gasteiger partial charge in [0.25, 0.3) is 0 Å². The summed E-state index contributed by atoms with van der Waals surface area (Å²) in [5.41, 5.74) is 3.23. The standard InChI is InChI=1S/C21H18N6O2S/c1-27(2)30(28,29)14-5-3-4-13(10-14)24-21-15-6-8-22-11-16(15)19-20(26-21)17-12-23-9-7-18(17)25-19/h3-12,25H,1-2H3,(H,24,26). The first-order valence-electron chi connectivity index (χ1n) is 9.24. The highest BCUT2D eigenvalue weighted by molar-refractivity contribution is 7.89. The monoisotopic (exact) mass is 418 g/mol. The molecule has 1 aromatic carbocycles. The molecule has 0 bridgehead atoms. The van der Waals surface area contributed by atoms with Gasteiger partial charge in [-0.1, -0.05) is 6.07 Å². The molecule has 0 fully saturated rings. The maximum atomic E-state index is 12.5. The highest BCUT2D eigenvalue weighted by Crippen LogP contribution is 2.34. The molecule has 0 spiro atoms. The first kappa shape index (κ1) is 18.5. The first-order chi connectivity index (χ1) is 14.4. The van der Waals surface area contributed by atoms with E-state index in [9.17, 15) is 8.42 Å². The van der Waals surface area contributed by atoms with Crippen LogP contribution in [0, 0.1) is 0 Å². The second kappa shape index (κ2) is 6.75. The molecule has 5 rings (SSSR count). The van der Waals surface area contributed by atoms with Gasteiger partial charge in [0.1, 0.15) is 11.3 Å². The van der Waals surface area contributed by atoms with Gasteiger partial charge < -0.3 is 10.3 Å². The predicted octanol–water partition coefficient (Wildman–Crippen LogP) is 3.65. The Bertz CT molecular complexity index is 1530. The van der Waals surface area contributed by atoms with E-state index >= 15 is 0 Å². The van der Waals surface area contributed by atoms with Gasteiger partial charge in [-0.3, -0.25) is 9.97 Å². The van der Waals surface area contributed by atoms with Gasteiger partial charge in [-0.05, 0) is 30.3 Å². The molecule has 9 heteroatoms. The highest BCUT2D eigenvalue weighted by atomic mass is 32.2. The summed E-state index contributed by atoms with van der Waals surface area (Å²) in [6.45, 7) is 0. The second-order valence-electron chi connectivity index (χ2n) is 7.09. The lowest BCUT2D eigenvalue weighted by Crippen LogP contribution is -2.22. The van der Waals surface area contributed by atoms with Crippen molar-refractivity contribution in [2.24, 2.45) is 0 Å². The van der Waals surface area contributed by atoms with Crippen LogP contribution in [0.5, 0.6) is 0 Å². The van der Waals surface area contributed by atoms with Crippen LogP contribution in [0.1, 0.15) is 0 Å². The first-order valence-corrected chi connectivity index (χ1v) is 10.7. The summed E-state index contributed by atoms with van der Waals surface area (Å²) in [4.78, 5) is 16.9. The normalized spacial score (nSPS) is 12.2. The maximum Gasteiger partial charge on any atom is 0.242 e. The van der Waals surface area contributed by atoms with Crippen LogP contribution in [-0.4, -0.2) is 46.8 Å². The molecule has 0 saturated carbocycles. The average Bonchev–Trinajstić information content (AvgIpc) is 3.13. The number of hydrogen-bond donors (Lipinski definition) is 2. The van der Waals surface area contributed by atoms with Gasteiger partial charge in [0.05, 0.1) is 15.9 Å². The van der Waals surface area contributed by atoms with Crippen molar-refractivity contribution in [2.75, 3.05) is 19.4 Å². The Balaban J connectivity index is 1.70. The smallest absolute Gasteiger partial charge is 0.242 e. The molecule has 0 saturated heterocycles. The van der Waals surface area contributed by atoms with Crippen LogP contribution in [0.2, 0.25) is 0 Å². The Morgan fingerprint density at radius 3 is 2.53 bits per heavy atom. The minimum Gasteiger partial charge on any atom is -0.353 e. The average molecular weight is 418 g/mol. The molecule has 5 aromatic rings. The lowest BCUT2D eigenvalue weighted by atomic mass is 10.1. The predicted molar refractivity (Wildman–Crippen MR) is 117 cm³/mol. The lowest BCUT2D eigenvalue weighted by Gasteiger charge is -2.14. The highest BCUT2D eigenvalue weighted by Gasteiger charge is 2.18. The van der Waals surface area contributed by atoms with Crippen molar-refractivity contribution in [1.82, 2.24) is 24.2 Å². The molecular formula is C21H18N6O2S. The summed E-state index contributed by atoms with van der Waals surface area (Å²) in [6, 6.07) is 10.5. The molecule has 0 atom stereocenters. The number of nitrogens with one attached hydrogen (secondary N) is 2. The van der Waals surface area contributed by atoms with Crippen LogP contribution in [-0.2, 0) is 10.0 Å². The SMILES string of the molecule is CN(C)S(=O)(=O)c1cccc(Nc2nc3c4cnccc4[nH]c3c3cnccc23)c1. The van der Waals surface area contributed by atoms with Crippen molar-refractivity contribution in [3.63, 3.8) is 0 Å². The van der Waals surface area contributed by atoms with E-state index in [1.807, 2.05) is 18.2 Å². The zero-order valence-corrected chi connectivity index (χ0v) is 17.1. The third-order valence-corrected chi connectivity index (χ3v) is 6.83. The molecule has 2 N–H and O–H groups in total. The van der Waals surface area contributed by atoms with E-state index in [1.54, 1.807) is 43.0 Å². The number of aromatic nitrogens is 4. The number of hydrogen-bond acceptors (Lipinski definition) is 6. The van der Waals surface area contributed by atoms with Crippen molar-refractivity contribution >= 4 is 54.2 Å². The van der Waals surface area contributed by atoms with E-state index in [0.717, 1.165) is 32.7 Å². The molecule has 30 heavy (non-hydrogen) atoms. The summed E-state index contributed by atoms with van der Waals surface area (Å²) >= 11 is 0. The third-order valence-electron chi connectivity index (χ3n) is 5.02. The number of fused-ring (bicyclic) bond motifs is 5. The van der Waals surface area contributed by atoms with E-state index in [0.29, 0.717) is 11.5 Å². The molecule has 0 amide bonds. The van der Waals surface area contributed by atoms with Crippen molar-refractivity contribution in [3.8, 4) is 0 Å². The fraction of sp³-hybridized carbons (Fsp3) is 0.0952. The molecule has 0 aliphatic heterocycles. The Hall–Kier alpha value is -3.56. The van der Waals surface area contributed by atoms with Crippen molar-refractivity contribution in [2.45, 2.75) is 4.90 Å².